The highest BCUT2D eigenvalue weighted by Crippen LogP contribution is 2.11. The normalized spacial score (nSPS) is 11.8. The molecule has 3 nitrogen and oxygen atoms in total. The Hall–Kier alpha value is -2.29. The zero-order chi connectivity index (χ0) is 14.4. The molecule has 0 bridgehead atoms. The van der Waals surface area contributed by atoms with Gasteiger partial charge < -0.3 is 10.4 Å². The molecule has 2 rings (SSSR count). The Morgan fingerprint density at radius 1 is 1.15 bits per heavy atom. The van der Waals surface area contributed by atoms with Gasteiger partial charge in [-0.1, -0.05) is 36.4 Å². The zero-order valence-electron chi connectivity index (χ0n) is 11.5. The Morgan fingerprint density at radius 2 is 1.90 bits per heavy atom. The van der Waals surface area contributed by atoms with Gasteiger partial charge in [-0.2, -0.15) is 0 Å². The number of carbonyl (C=O) groups is 1. The fourth-order valence-electron chi connectivity index (χ4n) is 2.05. The molecular formula is C17H19NO2. The minimum Gasteiger partial charge on any atom is -0.508 e. The SMILES string of the molecule is CC(CCc1ccccc1)NC(=O)c1cccc(O)c1. The smallest absolute Gasteiger partial charge is 0.251 e. The molecule has 0 heterocycles. The molecule has 0 aromatic heterocycles. The monoisotopic (exact) mass is 269 g/mol. The van der Waals surface area contributed by atoms with E-state index in [-0.39, 0.29) is 17.7 Å². The van der Waals surface area contributed by atoms with Gasteiger partial charge in [-0.3, -0.25) is 4.79 Å². The van der Waals surface area contributed by atoms with E-state index in [1.165, 1.54) is 11.6 Å². The predicted octanol–water partition coefficient (Wildman–Crippen LogP) is 3.14. The second-order valence-corrected chi connectivity index (χ2v) is 4.95. The number of phenols is 1. The van der Waals surface area contributed by atoms with Gasteiger partial charge in [-0.15, -0.1) is 0 Å². The van der Waals surface area contributed by atoms with Crippen molar-refractivity contribution >= 4 is 5.91 Å². The van der Waals surface area contributed by atoms with Gasteiger partial charge in [0.15, 0.2) is 0 Å². The van der Waals surface area contributed by atoms with Crippen LogP contribution in [-0.4, -0.2) is 17.1 Å². The first kappa shape index (κ1) is 14.1. The topological polar surface area (TPSA) is 49.3 Å². The summed E-state index contributed by atoms with van der Waals surface area (Å²) in [5.41, 5.74) is 1.75. The number of rotatable bonds is 5. The number of aryl methyl sites for hydroxylation is 1. The molecule has 0 aliphatic rings. The van der Waals surface area contributed by atoms with Gasteiger partial charge in [-0.05, 0) is 43.5 Å². The number of carbonyl (C=O) groups excluding carboxylic acids is 1. The number of hydrogen-bond donors (Lipinski definition) is 2. The molecule has 2 aromatic rings. The summed E-state index contributed by atoms with van der Waals surface area (Å²) in [7, 11) is 0. The Bertz CT molecular complexity index is 566. The quantitative estimate of drug-likeness (QED) is 0.876. The van der Waals surface area contributed by atoms with Crippen LogP contribution in [0.25, 0.3) is 0 Å². The van der Waals surface area contributed by atoms with E-state index in [1.54, 1.807) is 18.2 Å². The van der Waals surface area contributed by atoms with Crippen molar-refractivity contribution < 1.29 is 9.90 Å². The van der Waals surface area contributed by atoms with E-state index in [1.807, 2.05) is 25.1 Å². The maximum Gasteiger partial charge on any atom is 0.251 e. The van der Waals surface area contributed by atoms with Crippen LogP contribution in [0.3, 0.4) is 0 Å². The van der Waals surface area contributed by atoms with Crippen molar-refractivity contribution in [3.8, 4) is 5.75 Å². The van der Waals surface area contributed by atoms with Gasteiger partial charge in [0.05, 0.1) is 0 Å². The number of phenolic OH excluding ortho intramolecular Hbond substituents is 1. The number of nitrogens with one attached hydrogen (secondary N) is 1. The average Bonchev–Trinajstić information content (AvgIpc) is 2.46. The van der Waals surface area contributed by atoms with Crippen LogP contribution in [0.15, 0.2) is 54.6 Å². The minimum absolute atomic E-state index is 0.0880. The summed E-state index contributed by atoms with van der Waals surface area (Å²) in [5, 5.41) is 12.3. The van der Waals surface area contributed by atoms with Gasteiger partial charge in [0.1, 0.15) is 5.75 Å². The van der Waals surface area contributed by atoms with Crippen molar-refractivity contribution in [2.24, 2.45) is 0 Å². The maximum atomic E-state index is 12.0. The van der Waals surface area contributed by atoms with Crippen LogP contribution >= 0.6 is 0 Å². The van der Waals surface area contributed by atoms with Gasteiger partial charge in [0.2, 0.25) is 0 Å². The summed E-state index contributed by atoms with van der Waals surface area (Å²) in [4.78, 5) is 12.0. The number of benzene rings is 2. The van der Waals surface area contributed by atoms with Crippen molar-refractivity contribution in [2.45, 2.75) is 25.8 Å². The lowest BCUT2D eigenvalue weighted by atomic mass is 10.1. The molecule has 1 unspecified atom stereocenters. The van der Waals surface area contributed by atoms with Gasteiger partial charge in [0.25, 0.3) is 5.91 Å². The van der Waals surface area contributed by atoms with E-state index in [4.69, 9.17) is 0 Å². The van der Waals surface area contributed by atoms with Crippen LogP contribution in [0.1, 0.15) is 29.3 Å². The number of aromatic hydroxyl groups is 1. The molecule has 1 amide bonds. The van der Waals surface area contributed by atoms with Crippen LogP contribution in [0, 0.1) is 0 Å². The summed E-state index contributed by atoms with van der Waals surface area (Å²) >= 11 is 0. The molecule has 104 valence electrons. The molecule has 0 radical (unpaired) electrons. The molecule has 20 heavy (non-hydrogen) atoms. The average molecular weight is 269 g/mol. The fourth-order valence-corrected chi connectivity index (χ4v) is 2.05. The van der Waals surface area contributed by atoms with E-state index in [2.05, 4.69) is 17.4 Å². The summed E-state index contributed by atoms with van der Waals surface area (Å²) in [5.74, 6) is -0.0453. The van der Waals surface area contributed by atoms with Crippen LogP contribution in [0.5, 0.6) is 5.75 Å². The van der Waals surface area contributed by atoms with Gasteiger partial charge >= 0.3 is 0 Å². The molecule has 0 saturated heterocycles. The first-order valence-electron chi connectivity index (χ1n) is 6.79. The molecule has 0 spiro atoms. The second kappa shape index (κ2) is 6.75. The Morgan fingerprint density at radius 3 is 2.60 bits per heavy atom. The summed E-state index contributed by atoms with van der Waals surface area (Å²) in [6.45, 7) is 1.99. The lowest BCUT2D eigenvalue weighted by Crippen LogP contribution is -2.32. The van der Waals surface area contributed by atoms with Gasteiger partial charge in [0, 0.05) is 11.6 Å². The molecule has 2 N–H and O–H groups in total. The van der Waals surface area contributed by atoms with E-state index >= 15 is 0 Å². The third-order valence-corrected chi connectivity index (χ3v) is 3.19. The predicted molar refractivity (Wildman–Crippen MR) is 79.8 cm³/mol. The molecule has 0 aliphatic heterocycles. The van der Waals surface area contributed by atoms with E-state index in [0.717, 1.165) is 12.8 Å². The first-order chi connectivity index (χ1) is 9.65. The third kappa shape index (κ3) is 4.12. The van der Waals surface area contributed by atoms with E-state index in [0.29, 0.717) is 5.56 Å². The molecule has 3 heteroatoms. The number of hydrogen-bond acceptors (Lipinski definition) is 2. The Balaban J connectivity index is 1.85. The molecule has 0 aliphatic carbocycles. The van der Waals surface area contributed by atoms with E-state index < -0.39 is 0 Å². The van der Waals surface area contributed by atoms with E-state index in [9.17, 15) is 9.90 Å². The van der Waals surface area contributed by atoms with Crippen molar-refractivity contribution in [2.75, 3.05) is 0 Å². The standard InChI is InChI=1S/C17H19NO2/c1-13(10-11-14-6-3-2-4-7-14)18-17(20)15-8-5-9-16(19)12-15/h2-9,12-13,19H,10-11H2,1H3,(H,18,20). The van der Waals surface area contributed by atoms with Crippen molar-refractivity contribution in [1.82, 2.24) is 5.32 Å². The highest BCUT2D eigenvalue weighted by atomic mass is 16.3. The fraction of sp³-hybridized carbons (Fsp3) is 0.235. The molecular weight excluding hydrogens is 250 g/mol. The first-order valence-corrected chi connectivity index (χ1v) is 6.79. The lowest BCUT2D eigenvalue weighted by Gasteiger charge is -2.14. The van der Waals surface area contributed by atoms with Crippen LogP contribution in [0.2, 0.25) is 0 Å². The Labute approximate surface area is 119 Å². The summed E-state index contributed by atoms with van der Waals surface area (Å²) in [6, 6.07) is 16.7. The summed E-state index contributed by atoms with van der Waals surface area (Å²) < 4.78 is 0. The highest BCUT2D eigenvalue weighted by molar-refractivity contribution is 5.94. The van der Waals surface area contributed by atoms with Crippen LogP contribution in [-0.2, 0) is 6.42 Å². The van der Waals surface area contributed by atoms with Crippen molar-refractivity contribution in [1.29, 1.82) is 0 Å². The lowest BCUT2D eigenvalue weighted by molar-refractivity contribution is 0.0938. The molecule has 1 atom stereocenters. The Kier molecular flexibility index (Phi) is 4.77. The minimum atomic E-state index is -0.151. The number of amides is 1. The summed E-state index contributed by atoms with van der Waals surface area (Å²) in [6.07, 6.45) is 1.82. The van der Waals surface area contributed by atoms with Crippen LogP contribution < -0.4 is 5.32 Å². The molecule has 2 aromatic carbocycles. The molecule has 0 fully saturated rings. The zero-order valence-corrected chi connectivity index (χ0v) is 11.5. The largest absolute Gasteiger partial charge is 0.508 e. The van der Waals surface area contributed by atoms with Crippen molar-refractivity contribution in [3.63, 3.8) is 0 Å². The third-order valence-electron chi connectivity index (χ3n) is 3.19. The van der Waals surface area contributed by atoms with Crippen molar-refractivity contribution in [3.05, 3.63) is 65.7 Å². The molecule has 0 saturated carbocycles. The van der Waals surface area contributed by atoms with Crippen LogP contribution in [0.4, 0.5) is 0 Å². The second-order valence-electron chi connectivity index (χ2n) is 4.95. The van der Waals surface area contributed by atoms with Gasteiger partial charge in [-0.25, -0.2) is 0 Å². The highest BCUT2D eigenvalue weighted by Gasteiger charge is 2.10. The maximum absolute atomic E-state index is 12.0.